The second-order valence-electron chi connectivity index (χ2n) is 22.0. The van der Waals surface area contributed by atoms with Gasteiger partial charge in [0.1, 0.15) is 0 Å². The van der Waals surface area contributed by atoms with Crippen LogP contribution in [-0.4, -0.2) is 12.3 Å². The van der Waals surface area contributed by atoms with E-state index in [1.54, 1.807) is 0 Å². The first-order valence-electron chi connectivity index (χ1n) is 26.7. The molecule has 0 radical (unpaired) electrons. The highest BCUT2D eigenvalue weighted by Crippen LogP contribution is 2.62. The minimum absolute atomic E-state index is 0.0172. The van der Waals surface area contributed by atoms with Gasteiger partial charge >= 0.3 is 0 Å². The van der Waals surface area contributed by atoms with Crippen molar-refractivity contribution in [1.29, 1.82) is 0 Å². The van der Waals surface area contributed by atoms with Crippen LogP contribution in [0.1, 0.15) is 50.7 Å². The summed E-state index contributed by atoms with van der Waals surface area (Å²) in [6.45, 7) is 7.42. The van der Waals surface area contributed by atoms with Gasteiger partial charge in [-0.2, -0.15) is 0 Å². The molecule has 6 heteroatoms. The van der Waals surface area contributed by atoms with E-state index in [0.717, 1.165) is 6.42 Å². The number of thiophene rings is 2. The van der Waals surface area contributed by atoms with Crippen molar-refractivity contribution in [1.82, 2.24) is 0 Å². The minimum Gasteiger partial charge on any atom is -0.334 e. The van der Waals surface area contributed by atoms with Crippen LogP contribution in [0.2, 0.25) is 0 Å². The molecule has 3 nitrogen and oxygen atoms in total. The predicted octanol–water partition coefficient (Wildman–Crippen LogP) is 17.9. The number of aryl methyl sites for hydroxylation is 1. The number of hydrogen-bond acceptors (Lipinski definition) is 5. The Morgan fingerprint density at radius 3 is 1.79 bits per heavy atom. The minimum atomic E-state index is -0.120. The molecule has 3 aliphatic heterocycles. The standard InChI is InChI=1S/C69H52BN3S2/c1-43-37-61-66-62(38-43)72(58-24-16-23-53-51-22-11-13-26-64(51)75-67(53)58)60-41-49(73-57-34-28-46(44-17-6-4-7-18-44)39-54(57)68(2)35-14-15-36-69(68,73)3)30-33-56(60)70(66)55-32-27-47(45-19-8-5-9-20-45)40-59(55)71(61)48-29-31-52-50-21-10-12-25-63(50)74-65(52)42-48/h4-13,16-34,37-42H,14-15,35-36H2,1-3H3. The van der Waals surface area contributed by atoms with Gasteiger partial charge < -0.3 is 14.7 Å². The van der Waals surface area contributed by atoms with Gasteiger partial charge in [-0.25, -0.2) is 0 Å². The Morgan fingerprint density at radius 1 is 0.413 bits per heavy atom. The number of benzene rings is 10. The molecule has 12 aromatic rings. The molecular formula is C69H52BN3S2. The lowest BCUT2D eigenvalue weighted by molar-refractivity contribution is 0.195. The first-order chi connectivity index (χ1) is 36.8. The second-order valence-corrected chi connectivity index (χ2v) is 24.1. The lowest BCUT2D eigenvalue weighted by Gasteiger charge is -2.50. The fourth-order valence-corrected chi connectivity index (χ4v) is 16.7. The third-order valence-corrected chi connectivity index (χ3v) is 20.4. The van der Waals surface area contributed by atoms with Crippen molar-refractivity contribution in [2.24, 2.45) is 0 Å². The molecule has 5 heterocycles. The van der Waals surface area contributed by atoms with E-state index in [9.17, 15) is 0 Å². The number of rotatable bonds is 5. The summed E-state index contributed by atoms with van der Waals surface area (Å²) in [6, 6.07) is 81.1. The van der Waals surface area contributed by atoms with Gasteiger partial charge in [-0.1, -0.05) is 159 Å². The Hall–Kier alpha value is -7.90. The van der Waals surface area contributed by atoms with E-state index in [0.29, 0.717) is 0 Å². The summed E-state index contributed by atoms with van der Waals surface area (Å²) in [6.07, 6.45) is 4.77. The normalized spacial score (nSPS) is 18.4. The summed E-state index contributed by atoms with van der Waals surface area (Å²) >= 11 is 3.81. The quantitative estimate of drug-likeness (QED) is 0.159. The third kappa shape index (κ3) is 6.15. The van der Waals surface area contributed by atoms with Crippen LogP contribution in [0.4, 0.5) is 45.5 Å². The van der Waals surface area contributed by atoms with Crippen molar-refractivity contribution in [3.63, 3.8) is 0 Å². The average Bonchev–Trinajstić information content (AvgIpc) is 4.29. The summed E-state index contributed by atoms with van der Waals surface area (Å²) in [5.74, 6) is 0. The topological polar surface area (TPSA) is 9.72 Å². The zero-order valence-corrected chi connectivity index (χ0v) is 43.9. The van der Waals surface area contributed by atoms with E-state index >= 15 is 0 Å². The third-order valence-electron chi connectivity index (χ3n) is 18.0. The Morgan fingerprint density at radius 2 is 1.01 bits per heavy atom. The summed E-state index contributed by atoms with van der Waals surface area (Å²) in [5.41, 5.74) is 21.6. The lowest BCUT2D eigenvalue weighted by Crippen LogP contribution is -2.61. The molecule has 16 rings (SSSR count). The van der Waals surface area contributed by atoms with Gasteiger partial charge in [0.2, 0.25) is 0 Å². The highest BCUT2D eigenvalue weighted by molar-refractivity contribution is 7.26. The molecule has 2 aromatic heterocycles. The summed E-state index contributed by atoms with van der Waals surface area (Å²) in [4.78, 5) is 8.05. The molecule has 1 fully saturated rings. The fourth-order valence-electron chi connectivity index (χ4n) is 14.3. The summed E-state index contributed by atoms with van der Waals surface area (Å²) in [7, 11) is 0. The molecule has 1 saturated carbocycles. The van der Waals surface area contributed by atoms with Crippen molar-refractivity contribution in [3.05, 3.63) is 223 Å². The van der Waals surface area contributed by atoms with Crippen LogP contribution >= 0.6 is 22.7 Å². The number of nitrogens with zero attached hydrogens (tertiary/aromatic N) is 3. The lowest BCUT2D eigenvalue weighted by atomic mass is 9.33. The molecule has 0 N–H and O–H groups in total. The van der Waals surface area contributed by atoms with Crippen molar-refractivity contribution < 1.29 is 0 Å². The molecule has 0 amide bonds. The van der Waals surface area contributed by atoms with Gasteiger partial charge in [0, 0.05) is 80.9 Å². The van der Waals surface area contributed by atoms with Gasteiger partial charge in [-0.15, -0.1) is 22.7 Å². The Balaban J connectivity index is 0.967. The zero-order chi connectivity index (χ0) is 49.7. The van der Waals surface area contributed by atoms with Gasteiger partial charge in [0.05, 0.1) is 15.9 Å². The molecule has 0 bridgehead atoms. The Kier molecular flexibility index (Phi) is 9.31. The fraction of sp³-hybridized carbons (Fsp3) is 0.130. The monoisotopic (exact) mass is 997 g/mol. The number of anilines is 8. The van der Waals surface area contributed by atoms with Crippen LogP contribution in [0, 0.1) is 6.92 Å². The maximum atomic E-state index is 2.78. The largest absolute Gasteiger partial charge is 0.334 e. The van der Waals surface area contributed by atoms with E-state index in [-0.39, 0.29) is 17.7 Å². The van der Waals surface area contributed by atoms with E-state index in [2.05, 4.69) is 248 Å². The van der Waals surface area contributed by atoms with Crippen molar-refractivity contribution >= 4 is 132 Å². The van der Waals surface area contributed by atoms with Crippen LogP contribution in [0.3, 0.4) is 0 Å². The van der Waals surface area contributed by atoms with Crippen LogP contribution < -0.4 is 31.1 Å². The highest BCUT2D eigenvalue weighted by atomic mass is 32.1. The Labute approximate surface area is 446 Å². The molecule has 1 aliphatic carbocycles. The molecule has 0 saturated heterocycles. The van der Waals surface area contributed by atoms with Crippen molar-refractivity contribution in [2.45, 2.75) is 57.4 Å². The molecule has 10 aromatic carbocycles. The van der Waals surface area contributed by atoms with E-state index in [1.807, 2.05) is 22.7 Å². The highest BCUT2D eigenvalue weighted by Gasteiger charge is 2.58. The van der Waals surface area contributed by atoms with E-state index in [4.69, 9.17) is 0 Å². The summed E-state index contributed by atoms with van der Waals surface area (Å²) in [5, 5.41) is 5.25. The van der Waals surface area contributed by atoms with Crippen LogP contribution in [0.5, 0.6) is 0 Å². The Bertz CT molecular complexity index is 4350. The molecule has 2 unspecified atom stereocenters. The molecular weight excluding hydrogens is 946 g/mol. The number of hydrogen-bond donors (Lipinski definition) is 0. The van der Waals surface area contributed by atoms with Crippen LogP contribution in [0.15, 0.2) is 212 Å². The first-order valence-corrected chi connectivity index (χ1v) is 28.4. The second kappa shape index (κ2) is 16.1. The zero-order valence-electron chi connectivity index (χ0n) is 42.3. The van der Waals surface area contributed by atoms with Crippen molar-refractivity contribution in [2.75, 3.05) is 14.7 Å². The van der Waals surface area contributed by atoms with Crippen LogP contribution in [0.25, 0.3) is 62.6 Å². The molecule has 75 heavy (non-hydrogen) atoms. The smallest absolute Gasteiger partial charge is 0.252 e. The summed E-state index contributed by atoms with van der Waals surface area (Å²) < 4.78 is 5.25. The van der Waals surface area contributed by atoms with E-state index < -0.39 is 0 Å². The van der Waals surface area contributed by atoms with Crippen molar-refractivity contribution in [3.8, 4) is 22.3 Å². The van der Waals surface area contributed by atoms with Gasteiger partial charge in [0.25, 0.3) is 6.71 Å². The van der Waals surface area contributed by atoms with E-state index in [1.165, 1.54) is 155 Å². The van der Waals surface area contributed by atoms with Gasteiger partial charge in [-0.05, 0) is 149 Å². The molecule has 2 atom stereocenters. The first kappa shape index (κ1) is 43.5. The van der Waals surface area contributed by atoms with Gasteiger partial charge in [0.15, 0.2) is 0 Å². The molecule has 0 spiro atoms. The van der Waals surface area contributed by atoms with Crippen LogP contribution in [-0.2, 0) is 5.41 Å². The maximum Gasteiger partial charge on any atom is 0.252 e. The van der Waals surface area contributed by atoms with Gasteiger partial charge in [-0.3, -0.25) is 0 Å². The average molecular weight is 998 g/mol. The molecule has 4 aliphatic rings. The SMILES string of the molecule is Cc1cc2c3c(c1)N(c1cccc4c1sc1ccccc14)c1cc(N4c5ccc(-c6ccccc6)cc5C5(C)CCCCC45C)ccc1B3c1ccc(-c3ccccc3)cc1N2c1ccc2c(c1)sc1ccccc12. The molecule has 358 valence electrons. The number of fused-ring (bicyclic) bond motifs is 13. The maximum absolute atomic E-state index is 2.78. The predicted molar refractivity (Wildman–Crippen MR) is 325 cm³/mol.